The summed E-state index contributed by atoms with van der Waals surface area (Å²) in [4.78, 5) is 0. The third-order valence-electron chi connectivity index (χ3n) is 2.96. The van der Waals surface area contributed by atoms with Crippen molar-refractivity contribution < 1.29 is 5.21 Å². The van der Waals surface area contributed by atoms with Crippen LogP contribution in [-0.4, -0.2) is 10.9 Å². The highest BCUT2D eigenvalue weighted by atomic mass is 16.4. The summed E-state index contributed by atoms with van der Waals surface area (Å²) in [7, 11) is 0. The van der Waals surface area contributed by atoms with Crippen LogP contribution in [0.4, 0.5) is 0 Å². The monoisotopic (exact) mass is 227 g/mol. The molecule has 0 radical (unpaired) electrons. The lowest BCUT2D eigenvalue weighted by atomic mass is 9.98. The minimum absolute atomic E-state index is 0.608. The second kappa shape index (κ2) is 6.04. The molecule has 1 aromatic rings. The quantitative estimate of drug-likeness (QED) is 0.474. The molecular formula is C15H17NO. The summed E-state index contributed by atoms with van der Waals surface area (Å²) in [6, 6.07) is 9.71. The third-order valence-corrected chi connectivity index (χ3v) is 2.96. The average molecular weight is 227 g/mol. The van der Waals surface area contributed by atoms with Gasteiger partial charge in [-0.1, -0.05) is 53.2 Å². The van der Waals surface area contributed by atoms with E-state index in [9.17, 15) is 0 Å². The van der Waals surface area contributed by atoms with E-state index in [1.54, 1.807) is 0 Å². The minimum Gasteiger partial charge on any atom is -0.410 e. The fourth-order valence-electron chi connectivity index (χ4n) is 2.00. The van der Waals surface area contributed by atoms with E-state index in [-0.39, 0.29) is 0 Å². The fourth-order valence-corrected chi connectivity index (χ4v) is 2.00. The van der Waals surface area contributed by atoms with Crippen molar-refractivity contribution in [2.45, 2.75) is 25.7 Å². The Morgan fingerprint density at radius 3 is 2.65 bits per heavy atom. The number of allylic oxidation sites excluding steroid dienone is 4. The first-order valence-corrected chi connectivity index (χ1v) is 6.05. The van der Waals surface area contributed by atoms with Crippen molar-refractivity contribution in [3.8, 4) is 0 Å². The Labute approximate surface area is 102 Å². The highest BCUT2D eigenvalue weighted by Gasteiger charge is 2.02. The van der Waals surface area contributed by atoms with E-state index in [0.29, 0.717) is 5.71 Å². The van der Waals surface area contributed by atoms with Crippen LogP contribution in [0.25, 0.3) is 0 Å². The van der Waals surface area contributed by atoms with E-state index in [4.69, 9.17) is 5.21 Å². The molecule has 0 heterocycles. The molecule has 88 valence electrons. The Morgan fingerprint density at radius 2 is 2.00 bits per heavy atom. The first-order valence-electron chi connectivity index (χ1n) is 6.05. The van der Waals surface area contributed by atoms with E-state index < -0.39 is 0 Å². The molecule has 0 fully saturated rings. The summed E-state index contributed by atoms with van der Waals surface area (Å²) in [5.41, 5.74) is 2.88. The minimum atomic E-state index is 0.608. The van der Waals surface area contributed by atoms with Gasteiger partial charge >= 0.3 is 0 Å². The first-order chi connectivity index (χ1) is 8.40. The van der Waals surface area contributed by atoms with Crippen molar-refractivity contribution in [3.05, 3.63) is 59.7 Å². The summed E-state index contributed by atoms with van der Waals surface area (Å²) >= 11 is 0. The molecule has 17 heavy (non-hydrogen) atoms. The van der Waals surface area contributed by atoms with Gasteiger partial charge in [0.2, 0.25) is 0 Å². The highest BCUT2D eigenvalue weighted by molar-refractivity contribution is 6.08. The largest absolute Gasteiger partial charge is 0.410 e. The molecule has 2 nitrogen and oxygen atoms in total. The molecular weight excluding hydrogens is 210 g/mol. The van der Waals surface area contributed by atoms with Gasteiger partial charge in [0.25, 0.3) is 0 Å². The van der Waals surface area contributed by atoms with Crippen molar-refractivity contribution in [3.63, 3.8) is 0 Å². The Hall–Kier alpha value is -1.83. The van der Waals surface area contributed by atoms with Gasteiger partial charge in [0.1, 0.15) is 5.71 Å². The molecule has 0 unspecified atom stereocenters. The predicted molar refractivity (Wildman–Crippen MR) is 70.5 cm³/mol. The van der Waals surface area contributed by atoms with Gasteiger partial charge in [-0.2, -0.15) is 0 Å². The fraction of sp³-hybridized carbons (Fsp3) is 0.267. The Morgan fingerprint density at radius 1 is 1.18 bits per heavy atom. The molecule has 2 heteroatoms. The van der Waals surface area contributed by atoms with Crippen LogP contribution in [0.1, 0.15) is 31.2 Å². The van der Waals surface area contributed by atoms with Crippen LogP contribution in [0.3, 0.4) is 0 Å². The molecule has 0 aromatic heterocycles. The molecule has 0 amide bonds. The summed E-state index contributed by atoms with van der Waals surface area (Å²) in [5, 5.41) is 12.4. The zero-order valence-electron chi connectivity index (χ0n) is 9.84. The lowest BCUT2D eigenvalue weighted by Crippen LogP contribution is -1.97. The van der Waals surface area contributed by atoms with Gasteiger partial charge in [0, 0.05) is 5.56 Å². The highest BCUT2D eigenvalue weighted by Crippen LogP contribution is 2.18. The molecule has 0 saturated carbocycles. The maximum absolute atomic E-state index is 9.03. The number of oxime groups is 1. The van der Waals surface area contributed by atoms with Crippen LogP contribution in [0.15, 0.2) is 59.3 Å². The van der Waals surface area contributed by atoms with Crippen LogP contribution >= 0.6 is 0 Å². The zero-order valence-corrected chi connectivity index (χ0v) is 9.84. The topological polar surface area (TPSA) is 32.6 Å². The van der Waals surface area contributed by atoms with Crippen molar-refractivity contribution in [1.29, 1.82) is 0 Å². The normalized spacial score (nSPS) is 17.2. The average Bonchev–Trinajstić information content (AvgIpc) is 2.42. The Bertz CT molecular complexity index is 443. The summed E-state index contributed by atoms with van der Waals surface area (Å²) in [5.74, 6) is 0. The van der Waals surface area contributed by atoms with E-state index in [1.807, 2.05) is 36.4 Å². The standard InChI is InChI=1S/C15H17NO/c17-16-15(14-9-5-2-6-10-14)12-11-13-7-3-1-4-8-13/h2,5-7,9-12,17H,1,3-4,8H2/b12-11+,16-15-. The molecule has 1 aromatic carbocycles. The molecule has 1 aliphatic rings. The van der Waals surface area contributed by atoms with Gasteiger partial charge < -0.3 is 5.21 Å². The number of hydrogen-bond donors (Lipinski definition) is 1. The van der Waals surface area contributed by atoms with Gasteiger partial charge in [-0.05, 0) is 31.8 Å². The Balaban J connectivity index is 2.11. The van der Waals surface area contributed by atoms with E-state index in [1.165, 1.54) is 18.4 Å². The second-order valence-electron chi connectivity index (χ2n) is 4.21. The Kier molecular flexibility index (Phi) is 4.14. The van der Waals surface area contributed by atoms with Crippen molar-refractivity contribution in [2.75, 3.05) is 0 Å². The predicted octanol–water partition coefficient (Wildman–Crippen LogP) is 3.92. The second-order valence-corrected chi connectivity index (χ2v) is 4.21. The third kappa shape index (κ3) is 3.31. The van der Waals surface area contributed by atoms with Crippen LogP contribution < -0.4 is 0 Å². The molecule has 0 saturated heterocycles. The number of hydrogen-bond acceptors (Lipinski definition) is 2. The van der Waals surface area contributed by atoms with E-state index >= 15 is 0 Å². The van der Waals surface area contributed by atoms with Gasteiger partial charge in [0.15, 0.2) is 0 Å². The molecule has 0 atom stereocenters. The van der Waals surface area contributed by atoms with Crippen LogP contribution in [0.2, 0.25) is 0 Å². The zero-order chi connectivity index (χ0) is 11.9. The van der Waals surface area contributed by atoms with Gasteiger partial charge in [-0.3, -0.25) is 0 Å². The molecule has 0 spiro atoms. The molecule has 1 aliphatic carbocycles. The number of benzene rings is 1. The van der Waals surface area contributed by atoms with Gasteiger partial charge in [-0.15, -0.1) is 0 Å². The first kappa shape index (κ1) is 11.6. The van der Waals surface area contributed by atoms with Crippen LogP contribution in [0, 0.1) is 0 Å². The van der Waals surface area contributed by atoms with Crippen LogP contribution in [-0.2, 0) is 0 Å². The maximum atomic E-state index is 9.03. The smallest absolute Gasteiger partial charge is 0.109 e. The SMILES string of the molecule is O/N=C(/C=C/C1=CCCCC1)c1ccccc1. The summed E-state index contributed by atoms with van der Waals surface area (Å²) < 4.78 is 0. The molecule has 0 aliphatic heterocycles. The van der Waals surface area contributed by atoms with Crippen molar-refractivity contribution in [1.82, 2.24) is 0 Å². The molecule has 1 N–H and O–H groups in total. The van der Waals surface area contributed by atoms with Gasteiger partial charge in [0.05, 0.1) is 0 Å². The number of rotatable bonds is 3. The van der Waals surface area contributed by atoms with E-state index in [0.717, 1.165) is 18.4 Å². The maximum Gasteiger partial charge on any atom is 0.109 e. The summed E-state index contributed by atoms with van der Waals surface area (Å²) in [6.45, 7) is 0. The van der Waals surface area contributed by atoms with Crippen molar-refractivity contribution in [2.24, 2.45) is 5.16 Å². The molecule has 0 bridgehead atoms. The summed E-state index contributed by atoms with van der Waals surface area (Å²) in [6.07, 6.45) is 11.0. The lowest BCUT2D eigenvalue weighted by Gasteiger charge is -2.08. The van der Waals surface area contributed by atoms with Crippen molar-refractivity contribution >= 4 is 5.71 Å². The number of nitrogens with zero attached hydrogens (tertiary/aromatic N) is 1. The van der Waals surface area contributed by atoms with Crippen LogP contribution in [0.5, 0.6) is 0 Å². The molecule has 2 rings (SSSR count). The lowest BCUT2D eigenvalue weighted by molar-refractivity contribution is 0.320. The van der Waals surface area contributed by atoms with Gasteiger partial charge in [-0.25, -0.2) is 0 Å². The van der Waals surface area contributed by atoms with E-state index in [2.05, 4.69) is 17.3 Å².